The van der Waals surface area contributed by atoms with Gasteiger partial charge in [0.2, 0.25) is 0 Å². The molecule has 0 radical (unpaired) electrons. The predicted molar refractivity (Wildman–Crippen MR) is 96.2 cm³/mol. The fraction of sp³-hybridized carbons (Fsp3) is 0.263. The number of nitriles is 1. The van der Waals surface area contributed by atoms with Crippen molar-refractivity contribution in [3.05, 3.63) is 59.2 Å². The number of hydrogen-bond donors (Lipinski definition) is 1. The molecule has 3 aromatic rings. The van der Waals surface area contributed by atoms with Gasteiger partial charge in [-0.3, -0.25) is 9.69 Å². The van der Waals surface area contributed by atoms with Crippen molar-refractivity contribution >= 4 is 16.9 Å². The van der Waals surface area contributed by atoms with Crippen molar-refractivity contribution in [1.82, 2.24) is 25.2 Å². The summed E-state index contributed by atoms with van der Waals surface area (Å²) in [5.74, 6) is 0.0351. The van der Waals surface area contributed by atoms with Crippen molar-refractivity contribution in [1.29, 1.82) is 5.26 Å². The lowest BCUT2D eigenvalue weighted by Crippen LogP contribution is -2.48. The van der Waals surface area contributed by atoms with Crippen LogP contribution in [0, 0.1) is 11.3 Å². The Balaban J connectivity index is 1.36. The molecule has 26 heavy (non-hydrogen) atoms. The molecule has 0 atom stereocenters. The van der Waals surface area contributed by atoms with Crippen LogP contribution >= 0.6 is 0 Å². The molecule has 2 heterocycles. The van der Waals surface area contributed by atoms with Gasteiger partial charge < -0.3 is 4.90 Å². The molecule has 0 saturated carbocycles. The van der Waals surface area contributed by atoms with Gasteiger partial charge in [-0.15, -0.1) is 0 Å². The number of rotatable bonds is 3. The van der Waals surface area contributed by atoms with Gasteiger partial charge in [0, 0.05) is 38.3 Å². The summed E-state index contributed by atoms with van der Waals surface area (Å²) in [5.41, 5.74) is 3.96. The monoisotopic (exact) mass is 346 g/mol. The van der Waals surface area contributed by atoms with E-state index in [4.69, 9.17) is 5.26 Å². The molecule has 1 saturated heterocycles. The summed E-state index contributed by atoms with van der Waals surface area (Å²) in [6.07, 6.45) is 0. The van der Waals surface area contributed by atoms with E-state index in [1.54, 1.807) is 12.1 Å². The lowest BCUT2D eigenvalue weighted by molar-refractivity contribution is 0.0628. The maximum atomic E-state index is 12.7. The van der Waals surface area contributed by atoms with Gasteiger partial charge >= 0.3 is 0 Å². The molecule has 0 bridgehead atoms. The maximum absolute atomic E-state index is 12.7. The molecule has 0 aliphatic carbocycles. The van der Waals surface area contributed by atoms with Crippen LogP contribution in [0.5, 0.6) is 0 Å². The van der Waals surface area contributed by atoms with Crippen molar-refractivity contribution < 1.29 is 4.79 Å². The molecule has 1 aliphatic rings. The van der Waals surface area contributed by atoms with Crippen LogP contribution in [0.15, 0.2) is 42.5 Å². The number of amides is 1. The van der Waals surface area contributed by atoms with Gasteiger partial charge in [-0.05, 0) is 35.9 Å². The van der Waals surface area contributed by atoms with Crippen LogP contribution in [0.1, 0.15) is 21.5 Å². The Morgan fingerprint density at radius 1 is 1.04 bits per heavy atom. The first kappa shape index (κ1) is 16.2. The molecule has 0 spiro atoms. The normalized spacial score (nSPS) is 15.1. The summed E-state index contributed by atoms with van der Waals surface area (Å²) in [4.78, 5) is 16.9. The standard InChI is InChI=1S/C19H18N6O/c20-12-14-1-3-15(4-2-14)13-24-7-9-25(10-8-24)19(26)16-5-6-17-18(11-16)22-23-21-17/h1-6,11H,7-10,13H2,(H,21,22,23). The number of aromatic nitrogens is 3. The van der Waals surface area contributed by atoms with E-state index in [1.165, 1.54) is 5.56 Å². The van der Waals surface area contributed by atoms with Crippen LogP contribution in [0.3, 0.4) is 0 Å². The topological polar surface area (TPSA) is 88.9 Å². The zero-order valence-electron chi connectivity index (χ0n) is 14.2. The molecule has 1 amide bonds. The largest absolute Gasteiger partial charge is 0.336 e. The van der Waals surface area contributed by atoms with E-state index < -0.39 is 0 Å². The molecule has 1 aromatic heterocycles. The lowest BCUT2D eigenvalue weighted by Gasteiger charge is -2.34. The highest BCUT2D eigenvalue weighted by molar-refractivity contribution is 5.97. The first-order chi connectivity index (χ1) is 12.7. The highest BCUT2D eigenvalue weighted by atomic mass is 16.2. The lowest BCUT2D eigenvalue weighted by atomic mass is 10.1. The number of aromatic amines is 1. The molecule has 7 nitrogen and oxygen atoms in total. The third-order valence-electron chi connectivity index (χ3n) is 4.71. The number of nitrogens with one attached hydrogen (secondary N) is 1. The van der Waals surface area contributed by atoms with E-state index in [0.29, 0.717) is 29.7 Å². The molecular formula is C19H18N6O. The molecule has 1 aliphatic heterocycles. The minimum atomic E-state index is 0.0351. The first-order valence-corrected chi connectivity index (χ1v) is 8.54. The van der Waals surface area contributed by atoms with E-state index in [0.717, 1.165) is 25.2 Å². The minimum absolute atomic E-state index is 0.0351. The van der Waals surface area contributed by atoms with Crippen LogP contribution in [-0.4, -0.2) is 57.3 Å². The maximum Gasteiger partial charge on any atom is 0.254 e. The Morgan fingerprint density at radius 3 is 2.50 bits per heavy atom. The Labute approximate surface area is 150 Å². The Hall–Kier alpha value is -3.24. The SMILES string of the molecule is N#Cc1ccc(CN2CCN(C(=O)c3ccc4n[nH]nc4c3)CC2)cc1. The van der Waals surface area contributed by atoms with E-state index in [9.17, 15) is 4.79 Å². The number of carbonyl (C=O) groups is 1. The van der Waals surface area contributed by atoms with Gasteiger partial charge in [-0.25, -0.2) is 0 Å². The Bertz CT molecular complexity index is 964. The zero-order chi connectivity index (χ0) is 17.9. The van der Waals surface area contributed by atoms with Crippen molar-refractivity contribution in [3.63, 3.8) is 0 Å². The second kappa shape index (κ2) is 6.94. The molecule has 2 aromatic carbocycles. The highest BCUT2D eigenvalue weighted by Gasteiger charge is 2.22. The molecule has 1 N–H and O–H groups in total. The van der Waals surface area contributed by atoms with Gasteiger partial charge in [0.05, 0.1) is 11.6 Å². The van der Waals surface area contributed by atoms with Crippen LogP contribution in [-0.2, 0) is 6.54 Å². The van der Waals surface area contributed by atoms with E-state index >= 15 is 0 Å². The summed E-state index contributed by atoms with van der Waals surface area (Å²) < 4.78 is 0. The van der Waals surface area contributed by atoms with Crippen molar-refractivity contribution in [3.8, 4) is 6.07 Å². The molecule has 1 fully saturated rings. The van der Waals surface area contributed by atoms with Crippen LogP contribution in [0.25, 0.3) is 11.0 Å². The Morgan fingerprint density at radius 2 is 1.77 bits per heavy atom. The summed E-state index contributed by atoms with van der Waals surface area (Å²) in [5, 5.41) is 19.5. The number of hydrogen-bond acceptors (Lipinski definition) is 5. The van der Waals surface area contributed by atoms with E-state index in [2.05, 4.69) is 26.4 Å². The van der Waals surface area contributed by atoms with Crippen LogP contribution in [0.4, 0.5) is 0 Å². The van der Waals surface area contributed by atoms with Crippen LogP contribution in [0.2, 0.25) is 0 Å². The zero-order valence-corrected chi connectivity index (χ0v) is 14.2. The van der Waals surface area contributed by atoms with Crippen molar-refractivity contribution in [2.75, 3.05) is 26.2 Å². The average molecular weight is 346 g/mol. The third kappa shape index (κ3) is 3.27. The minimum Gasteiger partial charge on any atom is -0.336 e. The van der Waals surface area contributed by atoms with E-state index in [1.807, 2.05) is 35.2 Å². The molecule has 130 valence electrons. The van der Waals surface area contributed by atoms with Gasteiger partial charge in [0.1, 0.15) is 11.0 Å². The average Bonchev–Trinajstić information content (AvgIpc) is 3.16. The predicted octanol–water partition coefficient (Wildman–Crippen LogP) is 1.79. The van der Waals surface area contributed by atoms with Gasteiger partial charge in [-0.1, -0.05) is 12.1 Å². The van der Waals surface area contributed by atoms with Gasteiger partial charge in [-0.2, -0.15) is 20.7 Å². The molecule has 0 unspecified atom stereocenters. The van der Waals surface area contributed by atoms with E-state index in [-0.39, 0.29) is 5.91 Å². The first-order valence-electron chi connectivity index (χ1n) is 8.54. The fourth-order valence-corrected chi connectivity index (χ4v) is 3.21. The second-order valence-corrected chi connectivity index (χ2v) is 6.40. The number of piperazine rings is 1. The summed E-state index contributed by atoms with van der Waals surface area (Å²) in [7, 11) is 0. The number of H-pyrrole nitrogens is 1. The molecule has 4 rings (SSSR count). The summed E-state index contributed by atoms with van der Waals surface area (Å²) >= 11 is 0. The van der Waals surface area contributed by atoms with Crippen LogP contribution < -0.4 is 0 Å². The van der Waals surface area contributed by atoms with Crippen molar-refractivity contribution in [2.45, 2.75) is 6.54 Å². The van der Waals surface area contributed by atoms with Gasteiger partial charge in [0.15, 0.2) is 0 Å². The number of benzene rings is 2. The number of fused-ring (bicyclic) bond motifs is 1. The summed E-state index contributed by atoms with van der Waals surface area (Å²) in [6.45, 7) is 3.90. The molecular weight excluding hydrogens is 328 g/mol. The summed E-state index contributed by atoms with van der Waals surface area (Å²) in [6, 6.07) is 15.2. The van der Waals surface area contributed by atoms with Crippen molar-refractivity contribution in [2.24, 2.45) is 0 Å². The smallest absolute Gasteiger partial charge is 0.254 e. The van der Waals surface area contributed by atoms with Gasteiger partial charge in [0.25, 0.3) is 5.91 Å². The molecule has 7 heteroatoms. The number of carbonyl (C=O) groups excluding carboxylic acids is 1. The fourth-order valence-electron chi connectivity index (χ4n) is 3.21. The second-order valence-electron chi connectivity index (χ2n) is 6.40. The quantitative estimate of drug-likeness (QED) is 0.781. The highest BCUT2D eigenvalue weighted by Crippen LogP contribution is 2.15. The number of nitrogens with zero attached hydrogens (tertiary/aromatic N) is 5. The Kier molecular flexibility index (Phi) is 4.33. The third-order valence-corrected chi connectivity index (χ3v) is 4.71.